The molecule has 0 saturated heterocycles. The van der Waals surface area contributed by atoms with Crippen molar-refractivity contribution in [1.82, 2.24) is 4.98 Å². The molecule has 0 fully saturated rings. The van der Waals surface area contributed by atoms with Gasteiger partial charge in [-0.2, -0.15) is 0 Å². The Balaban J connectivity index is 0.00000106. The molecule has 90 valence electrons. The molecule has 0 unspecified atom stereocenters. The van der Waals surface area contributed by atoms with Gasteiger partial charge < -0.3 is 0 Å². The Morgan fingerprint density at radius 3 is 2.50 bits per heavy atom. The second-order valence-electron chi connectivity index (χ2n) is 3.75. The summed E-state index contributed by atoms with van der Waals surface area (Å²) in [6, 6.07) is 2.07. The lowest BCUT2D eigenvalue weighted by Crippen LogP contribution is -2.03. The van der Waals surface area contributed by atoms with Crippen LogP contribution in [-0.4, -0.2) is 10.8 Å². The van der Waals surface area contributed by atoms with Crippen LogP contribution in [0.15, 0.2) is 12.3 Å². The van der Waals surface area contributed by atoms with E-state index >= 15 is 0 Å². The molecule has 2 heteroatoms. The van der Waals surface area contributed by atoms with Crippen molar-refractivity contribution in [2.24, 2.45) is 0 Å². The number of hydrogen-bond donors (Lipinski definition) is 0. The molecule has 1 heterocycles. The summed E-state index contributed by atoms with van der Waals surface area (Å²) in [7, 11) is 0. The van der Waals surface area contributed by atoms with Crippen LogP contribution in [0.5, 0.6) is 0 Å². The van der Waals surface area contributed by atoms with Gasteiger partial charge in [0.15, 0.2) is 0 Å². The topological polar surface area (TPSA) is 30.0 Å². The first-order chi connectivity index (χ1) is 7.63. The van der Waals surface area contributed by atoms with Crippen LogP contribution >= 0.6 is 0 Å². The normalized spacial score (nSPS) is 9.31. The minimum atomic E-state index is 0.203. The maximum Gasteiger partial charge on any atom is 0.134 e. The maximum atomic E-state index is 11.1. The monoisotopic (exact) mass is 221 g/mol. The highest BCUT2D eigenvalue weighted by atomic mass is 16.1. The van der Waals surface area contributed by atoms with E-state index in [2.05, 4.69) is 18.0 Å². The van der Waals surface area contributed by atoms with E-state index in [-0.39, 0.29) is 5.78 Å². The number of hydrogen-bond acceptors (Lipinski definition) is 2. The van der Waals surface area contributed by atoms with Crippen LogP contribution in [-0.2, 0) is 17.6 Å². The molecule has 0 spiro atoms. The zero-order chi connectivity index (χ0) is 12.6. The van der Waals surface area contributed by atoms with Crippen LogP contribution in [0.3, 0.4) is 0 Å². The van der Waals surface area contributed by atoms with Crippen LogP contribution in [0, 0.1) is 6.92 Å². The first kappa shape index (κ1) is 14.8. The Morgan fingerprint density at radius 1 is 1.38 bits per heavy atom. The van der Waals surface area contributed by atoms with E-state index in [4.69, 9.17) is 0 Å². The van der Waals surface area contributed by atoms with Crippen LogP contribution in [0.2, 0.25) is 0 Å². The second kappa shape index (κ2) is 8.03. The van der Waals surface area contributed by atoms with Crippen LogP contribution in [0.1, 0.15) is 50.9 Å². The molecular formula is C14H23NO. The number of carbonyl (C=O) groups is 1. The average Bonchev–Trinajstić information content (AvgIpc) is 2.24. The maximum absolute atomic E-state index is 11.1. The molecule has 0 N–H and O–H groups in total. The SMILES string of the molecule is CC.CCCc1ncc(C)cc1CC(C)=O. The molecule has 0 aliphatic carbocycles. The molecule has 1 aromatic rings. The van der Waals surface area contributed by atoms with E-state index in [0.717, 1.165) is 29.7 Å². The fourth-order valence-electron chi connectivity index (χ4n) is 1.54. The number of rotatable bonds is 4. The summed E-state index contributed by atoms with van der Waals surface area (Å²) >= 11 is 0. The summed E-state index contributed by atoms with van der Waals surface area (Å²) < 4.78 is 0. The van der Waals surface area contributed by atoms with E-state index in [1.165, 1.54) is 0 Å². The fraction of sp³-hybridized carbons (Fsp3) is 0.571. The number of carbonyl (C=O) groups excluding carboxylic acids is 1. The lowest BCUT2D eigenvalue weighted by Gasteiger charge is -2.06. The molecule has 0 saturated carbocycles. The number of nitrogens with zero attached hydrogens (tertiary/aromatic N) is 1. The summed E-state index contributed by atoms with van der Waals surface area (Å²) in [5.41, 5.74) is 3.30. The van der Waals surface area contributed by atoms with Gasteiger partial charge in [0.2, 0.25) is 0 Å². The smallest absolute Gasteiger partial charge is 0.134 e. The van der Waals surface area contributed by atoms with Gasteiger partial charge in [0.1, 0.15) is 5.78 Å². The number of aromatic nitrogens is 1. The predicted molar refractivity (Wildman–Crippen MR) is 68.7 cm³/mol. The molecular weight excluding hydrogens is 198 g/mol. The number of aryl methyl sites for hydroxylation is 2. The molecule has 0 atom stereocenters. The van der Waals surface area contributed by atoms with Crippen LogP contribution < -0.4 is 0 Å². The van der Waals surface area contributed by atoms with Crippen molar-refractivity contribution in [3.8, 4) is 0 Å². The average molecular weight is 221 g/mol. The molecule has 0 aliphatic heterocycles. The van der Waals surface area contributed by atoms with Gasteiger partial charge in [0, 0.05) is 18.3 Å². The molecule has 2 nitrogen and oxygen atoms in total. The van der Waals surface area contributed by atoms with Crippen molar-refractivity contribution in [3.05, 3.63) is 29.1 Å². The Morgan fingerprint density at radius 2 is 2.00 bits per heavy atom. The van der Waals surface area contributed by atoms with Gasteiger partial charge in [-0.3, -0.25) is 9.78 Å². The summed E-state index contributed by atoms with van der Waals surface area (Å²) in [5.74, 6) is 0.203. The summed E-state index contributed by atoms with van der Waals surface area (Å²) in [6.07, 6.45) is 4.42. The fourth-order valence-corrected chi connectivity index (χ4v) is 1.54. The first-order valence-corrected chi connectivity index (χ1v) is 6.07. The Hall–Kier alpha value is -1.18. The minimum absolute atomic E-state index is 0.203. The van der Waals surface area contributed by atoms with Gasteiger partial charge in [-0.05, 0) is 31.4 Å². The molecule has 0 aliphatic rings. The summed E-state index contributed by atoms with van der Waals surface area (Å²) in [4.78, 5) is 15.4. The van der Waals surface area contributed by atoms with Gasteiger partial charge in [-0.25, -0.2) is 0 Å². The molecule has 0 amide bonds. The third kappa shape index (κ3) is 5.06. The summed E-state index contributed by atoms with van der Waals surface area (Å²) in [6.45, 7) is 9.75. The standard InChI is InChI=1S/C12H17NO.C2H6/c1-4-5-12-11(7-10(3)14)6-9(2)8-13-12;1-2/h6,8H,4-5,7H2,1-3H3;1-2H3. The van der Waals surface area contributed by atoms with Gasteiger partial charge in [0.25, 0.3) is 0 Å². The first-order valence-electron chi connectivity index (χ1n) is 6.07. The number of Topliss-reactive ketones (excluding diaryl/α,β-unsaturated/α-hetero) is 1. The van der Waals surface area contributed by atoms with Gasteiger partial charge >= 0.3 is 0 Å². The second-order valence-corrected chi connectivity index (χ2v) is 3.75. The minimum Gasteiger partial charge on any atom is -0.300 e. The van der Waals surface area contributed by atoms with Gasteiger partial charge in [-0.1, -0.05) is 33.3 Å². The van der Waals surface area contributed by atoms with E-state index in [1.807, 2.05) is 27.0 Å². The van der Waals surface area contributed by atoms with Crippen LogP contribution in [0.25, 0.3) is 0 Å². The third-order valence-corrected chi connectivity index (χ3v) is 2.12. The molecule has 16 heavy (non-hydrogen) atoms. The van der Waals surface area contributed by atoms with Crippen molar-refractivity contribution < 1.29 is 4.79 Å². The van der Waals surface area contributed by atoms with Crippen molar-refractivity contribution in [2.75, 3.05) is 0 Å². The summed E-state index contributed by atoms with van der Waals surface area (Å²) in [5, 5.41) is 0. The van der Waals surface area contributed by atoms with Gasteiger partial charge in [0.05, 0.1) is 0 Å². The molecule has 1 rings (SSSR count). The number of pyridine rings is 1. The Labute approximate surface area is 99.1 Å². The predicted octanol–water partition coefficient (Wildman–Crippen LogP) is 3.50. The highest BCUT2D eigenvalue weighted by Gasteiger charge is 2.05. The van der Waals surface area contributed by atoms with Crippen molar-refractivity contribution in [1.29, 1.82) is 0 Å². The van der Waals surface area contributed by atoms with Crippen molar-refractivity contribution >= 4 is 5.78 Å². The van der Waals surface area contributed by atoms with Crippen LogP contribution in [0.4, 0.5) is 0 Å². The van der Waals surface area contributed by atoms with Crippen molar-refractivity contribution in [3.63, 3.8) is 0 Å². The third-order valence-electron chi connectivity index (χ3n) is 2.12. The van der Waals surface area contributed by atoms with Gasteiger partial charge in [-0.15, -0.1) is 0 Å². The van der Waals surface area contributed by atoms with Crippen molar-refractivity contribution in [2.45, 2.75) is 53.9 Å². The molecule has 1 aromatic heterocycles. The quantitative estimate of drug-likeness (QED) is 0.779. The van der Waals surface area contributed by atoms with E-state index in [0.29, 0.717) is 6.42 Å². The molecule has 0 aromatic carbocycles. The Bertz CT molecular complexity index is 332. The Kier molecular flexibility index (Phi) is 7.44. The van der Waals surface area contributed by atoms with E-state index in [9.17, 15) is 4.79 Å². The largest absolute Gasteiger partial charge is 0.300 e. The highest BCUT2D eigenvalue weighted by Crippen LogP contribution is 2.11. The molecule has 0 bridgehead atoms. The lowest BCUT2D eigenvalue weighted by atomic mass is 10.0. The highest BCUT2D eigenvalue weighted by molar-refractivity contribution is 5.78. The lowest BCUT2D eigenvalue weighted by molar-refractivity contribution is -0.116. The van der Waals surface area contributed by atoms with E-state index in [1.54, 1.807) is 6.92 Å². The zero-order valence-corrected chi connectivity index (χ0v) is 11.1. The molecule has 0 radical (unpaired) electrons. The zero-order valence-electron chi connectivity index (χ0n) is 11.1. The van der Waals surface area contributed by atoms with E-state index < -0.39 is 0 Å². The number of ketones is 1.